The summed E-state index contributed by atoms with van der Waals surface area (Å²) in [5.74, 6) is -15.4. The second kappa shape index (κ2) is 34.8. The van der Waals surface area contributed by atoms with Crippen molar-refractivity contribution >= 4 is 74.9 Å². The van der Waals surface area contributed by atoms with Crippen LogP contribution in [-0.2, 0) is 68.4 Å². The van der Waals surface area contributed by atoms with E-state index in [1.54, 1.807) is 25.5 Å². The minimum absolute atomic E-state index is 0.0646. The van der Waals surface area contributed by atoms with Gasteiger partial charge in [-0.1, -0.05) is 73.5 Å². The third-order valence-electron chi connectivity index (χ3n) is 24.8. The van der Waals surface area contributed by atoms with Crippen molar-refractivity contribution in [2.75, 3.05) is 13.7 Å². The average Bonchev–Trinajstić information content (AvgIpc) is 1.59. The first-order valence-electron chi connectivity index (χ1n) is 40.8. The number of phenols is 1. The molecule has 7 aliphatic heterocycles. The lowest BCUT2D eigenvalue weighted by atomic mass is 9.54. The third-order valence-corrected chi connectivity index (χ3v) is 26.5. The van der Waals surface area contributed by atoms with Gasteiger partial charge in [-0.15, -0.1) is 0 Å². The van der Waals surface area contributed by atoms with Gasteiger partial charge in [0.25, 0.3) is 10.0 Å². The van der Waals surface area contributed by atoms with Gasteiger partial charge in [0, 0.05) is 29.1 Å². The molecule has 18 rings (SSSR count). The first-order valence-corrected chi connectivity index (χ1v) is 42.7. The molecule has 15 bridgehead atoms. The van der Waals surface area contributed by atoms with Crippen LogP contribution in [0, 0.1) is 36.5 Å². The zero-order valence-electron chi connectivity index (χ0n) is 67.9. The number of hydrogen-bond donors (Lipinski definition) is 20. The molecule has 37 nitrogen and oxygen atoms in total. The van der Waals surface area contributed by atoms with Gasteiger partial charge in [0.1, 0.15) is 84.0 Å². The van der Waals surface area contributed by atoms with Gasteiger partial charge in [-0.25, -0.2) is 17.9 Å². The number of halogens is 1. The van der Waals surface area contributed by atoms with Gasteiger partial charge < -0.3 is 123 Å². The number of ether oxygens (including phenoxy) is 6. The van der Waals surface area contributed by atoms with E-state index in [1.807, 2.05) is 5.32 Å². The predicted molar refractivity (Wildman–Crippen MR) is 433 cm³/mol. The molecule has 4 saturated carbocycles. The third kappa shape index (κ3) is 17.7. The van der Waals surface area contributed by atoms with Crippen LogP contribution in [0.25, 0.3) is 11.1 Å². The first-order chi connectivity index (χ1) is 58.7. The summed E-state index contributed by atoms with van der Waals surface area (Å²) < 4.78 is 67.8. The van der Waals surface area contributed by atoms with E-state index in [0.717, 1.165) is 62.4 Å². The molecule has 18 atom stereocenters. The van der Waals surface area contributed by atoms with E-state index < -0.39 is 235 Å². The lowest BCUT2D eigenvalue weighted by molar-refractivity contribution is -0.333. The molecule has 10 amide bonds. The van der Waals surface area contributed by atoms with Gasteiger partial charge in [-0.3, -0.25) is 43.7 Å². The molecule has 662 valence electrons. The Morgan fingerprint density at radius 3 is 1.99 bits per heavy atom. The van der Waals surface area contributed by atoms with Crippen LogP contribution in [0.4, 0.5) is 4.79 Å². The second-order valence-electron chi connectivity index (χ2n) is 34.3. The molecule has 0 radical (unpaired) electrons. The Balaban J connectivity index is 0.916. The van der Waals surface area contributed by atoms with Gasteiger partial charge in [0.05, 0.1) is 41.2 Å². The van der Waals surface area contributed by atoms with Crippen LogP contribution >= 0.6 is 11.6 Å². The molecule has 5 aliphatic carbocycles. The van der Waals surface area contributed by atoms with E-state index in [4.69, 9.17) is 45.8 Å². The molecular formula is C85H98ClN11O26S. The van der Waals surface area contributed by atoms with Crippen molar-refractivity contribution in [2.24, 2.45) is 35.3 Å². The van der Waals surface area contributed by atoms with E-state index in [9.17, 15) is 68.8 Å². The number of amides is 10. The number of rotatable bonds is 16. The van der Waals surface area contributed by atoms with E-state index in [1.165, 1.54) is 99.8 Å². The predicted octanol–water partition coefficient (Wildman–Crippen LogP) is 1.43. The van der Waals surface area contributed by atoms with Crippen LogP contribution in [0.3, 0.4) is 0 Å². The molecule has 39 heteroatoms. The summed E-state index contributed by atoms with van der Waals surface area (Å²) in [5.41, 5.74) is 3.55. The van der Waals surface area contributed by atoms with Crippen LogP contribution in [0.1, 0.15) is 154 Å². The van der Waals surface area contributed by atoms with Crippen molar-refractivity contribution in [3.63, 3.8) is 0 Å². The maximum atomic E-state index is 16.6. The number of carbonyl (C=O) groups is 9. The number of imide groups is 1. The molecule has 0 spiro atoms. The number of phenolic OH excluding ortho intramolecular Hbond substituents is 1. The summed E-state index contributed by atoms with van der Waals surface area (Å²) in [4.78, 5) is 138. The average molecular weight is 1760 g/mol. The minimum Gasteiger partial charge on any atom is -0.508 e. The molecule has 7 heterocycles. The lowest BCUT2D eigenvalue weighted by Crippen LogP contribution is -2.64. The number of urea groups is 1. The van der Waals surface area contributed by atoms with Crippen LogP contribution < -0.4 is 72.5 Å². The van der Waals surface area contributed by atoms with Crippen molar-refractivity contribution in [2.45, 2.75) is 212 Å². The number of hydrogen-bond acceptors (Lipinski definition) is 28. The Morgan fingerprint density at radius 1 is 0.694 bits per heavy atom. The quantitative estimate of drug-likeness (QED) is 0.0610. The summed E-state index contributed by atoms with van der Waals surface area (Å²) in [5, 5.41) is 130. The molecule has 0 unspecified atom stereocenters. The Kier molecular flexibility index (Phi) is 24.8. The lowest BCUT2D eigenvalue weighted by Gasteiger charge is -2.54. The Hall–Kier alpha value is -10.5. The van der Waals surface area contributed by atoms with E-state index >= 15 is 28.8 Å². The van der Waals surface area contributed by atoms with E-state index in [-0.39, 0.29) is 87.1 Å². The van der Waals surface area contributed by atoms with E-state index in [2.05, 4.69) is 42.5 Å². The molecule has 6 aromatic carbocycles. The number of sulfonamides is 1. The van der Waals surface area contributed by atoms with Crippen LogP contribution in [0.2, 0.25) is 5.02 Å². The van der Waals surface area contributed by atoms with Gasteiger partial charge in [-0.2, -0.15) is 0 Å². The molecule has 6 aromatic rings. The van der Waals surface area contributed by atoms with Crippen molar-refractivity contribution in [3.8, 4) is 45.6 Å². The number of aliphatic hydroxyl groups excluding tert-OH is 6. The number of aromatic hydroxyl groups is 1. The highest BCUT2D eigenvalue weighted by Gasteiger charge is 2.54. The Morgan fingerprint density at radius 2 is 1.34 bits per heavy atom. The highest BCUT2D eigenvalue weighted by molar-refractivity contribution is 7.90. The molecule has 0 aromatic heterocycles. The number of likely N-dealkylation sites (N-methyl/N-ethyl adjacent to an activating group) is 1. The molecule has 124 heavy (non-hydrogen) atoms. The summed E-state index contributed by atoms with van der Waals surface area (Å²) in [6.07, 6.45) is -14.7. The maximum absolute atomic E-state index is 16.6. The first kappa shape index (κ1) is 88.3. The van der Waals surface area contributed by atoms with Gasteiger partial charge in [0.15, 0.2) is 23.9 Å². The molecule has 2 saturated heterocycles. The number of carbonyl (C=O) groups excluding carboxylic acids is 9. The van der Waals surface area contributed by atoms with Crippen molar-refractivity contribution in [1.82, 2.24) is 52.6 Å². The summed E-state index contributed by atoms with van der Waals surface area (Å²) in [7, 11) is -3.30. The molecule has 6 fully saturated rings. The fourth-order valence-corrected chi connectivity index (χ4v) is 19.9. The topological polar surface area (TPSA) is 572 Å². The maximum Gasteiger partial charge on any atom is 0.335 e. The monoisotopic (exact) mass is 1760 g/mol. The molecule has 12 aliphatic rings. The minimum atomic E-state index is -4.75. The second-order valence-corrected chi connectivity index (χ2v) is 36.4. The largest absolute Gasteiger partial charge is 0.508 e. The fourth-order valence-electron chi connectivity index (χ4n) is 18.7. The fraction of sp³-hybridized carbons (Fsp3) is 0.471. The number of nitrogens with two attached hydrogens (primary N) is 1. The van der Waals surface area contributed by atoms with E-state index in [0.29, 0.717) is 17.4 Å². The van der Waals surface area contributed by atoms with Crippen molar-refractivity contribution in [3.05, 3.63) is 159 Å². The van der Waals surface area contributed by atoms with Crippen molar-refractivity contribution < 1.29 is 126 Å². The number of benzene rings is 6. The Labute approximate surface area is 715 Å². The highest BCUT2D eigenvalue weighted by Crippen LogP contribution is 2.56. The zero-order valence-corrected chi connectivity index (χ0v) is 69.4. The van der Waals surface area contributed by atoms with Gasteiger partial charge in [-0.05, 0) is 202 Å². The highest BCUT2D eigenvalue weighted by atomic mass is 35.5. The van der Waals surface area contributed by atoms with Crippen molar-refractivity contribution in [1.29, 1.82) is 0 Å². The van der Waals surface area contributed by atoms with Crippen LogP contribution in [0.15, 0.2) is 114 Å². The molecular weight excluding hydrogens is 1660 g/mol. The number of aliphatic hydroxyl groups is 8. The number of fused-ring (bicyclic) bond motifs is 12. The SMILES string of the molecule is CN[C@H](CC(C)C)C(=O)N[C@H]1C(=O)N[C@@H](CC(=O)NC(=O)NS(=O)(=O)c2ccc(C)cc2)C(=O)N[C@H]2C(=O)N[C@H]3C(=O)N[C@H](C(=O)N[C@H](C(=O)NC4C5CC6CC(C5)CC4C6)c4cc(O)cc5c4-c4cc3ccc4C5(O)O)[C@H](O)c3ccc(cc3)Oc3cc2cc(c3O[C@@H]2O[C@H](CO)[C@@H](O)[C@H](O)[C@H]2O[C@H]2C[C@](C)(N)[C@H](O)[C@H](C)O2)Oc2ccc(cc2Cl)[C@H]1O. The molecule has 21 N–H and O–H groups in total. The number of aryl methyl sites for hydroxylation is 1. The summed E-state index contributed by atoms with van der Waals surface area (Å²) in [6.45, 7) is 7.28. The van der Waals surface area contributed by atoms with Crippen LogP contribution in [-0.4, -0.2) is 206 Å². The smallest absolute Gasteiger partial charge is 0.335 e. The number of nitrogens with one attached hydrogen (secondary N) is 10. The van der Waals surface area contributed by atoms with Gasteiger partial charge >= 0.3 is 6.03 Å². The summed E-state index contributed by atoms with van der Waals surface area (Å²) in [6, 6.07) is 5.12. The Bertz CT molecular complexity index is 5310. The summed E-state index contributed by atoms with van der Waals surface area (Å²) >= 11 is 7.19. The van der Waals surface area contributed by atoms with Crippen LogP contribution in [0.5, 0.6) is 34.5 Å². The van der Waals surface area contributed by atoms with Gasteiger partial charge in [0.2, 0.25) is 65.1 Å². The standard InChI is InChI=1S/C85H98ClN11O26S/c1-34(2)19-53(88-6)75(106)95-67-69(102)41-12-18-55(52(86)26-41)120-57-28-44-27-56(72(57)123-82-73(71(104)70(103)58(33-98)121-82)122-60-32-84(5,87)74(105)36(4)118-60)119-46-13-9-39(10-14-46)68(101)66-81(112)94-65(79(110)91-62-42-21-37-20-38(23-42)24-43(62)22-37)49-29-45(99)30-51-61(49)48-25-40(11-17-50(48)85(51,114)115)63(77(108)96-66)93-78(109)64(44)92-76(107)54(89-80(67)111)31-59(100)90-83(113)97-124(116,117)47-15-7-35(3)8-16-47/h7-18,25-30,34,36-38,42-43,53-54,58,60,62-71,73-74,82,88,98-99,101-105,114-115H,19-24,31-33,87H2,1-6H3,(H,89,111)(H,91,110)(H,92,107)(H,93,109)(H,94,112)(H,95,106)(H,96,108)(H2,90,97,100,113)/t36-,37?,38?,42?,43?,53+,54-,58+,60-,62?,63+,64+,65-,66-,67+,68+,69+,70+,71-,73+,74+,82-,84-/m0/s1. The normalized spacial score (nSPS) is 31.3. The zero-order chi connectivity index (χ0) is 88.8.